The maximum Gasteiger partial charge on any atom is 0.408 e. The Morgan fingerprint density at radius 2 is 1.65 bits per heavy atom. The van der Waals surface area contributed by atoms with Gasteiger partial charge in [0.1, 0.15) is 21.2 Å². The van der Waals surface area contributed by atoms with Crippen LogP contribution in [-0.2, 0) is 20.6 Å². The van der Waals surface area contributed by atoms with E-state index in [-0.39, 0.29) is 0 Å². The molecule has 0 unspecified atom stereocenters. The first-order valence-corrected chi connectivity index (χ1v) is 16.2. The number of benzene rings is 2. The highest BCUT2D eigenvalue weighted by Gasteiger charge is 2.53. The first-order chi connectivity index (χ1) is 20.3. The SMILES string of the molecule is CC1(O)CC(NC(=O)OC(C)(C)C)(c2ccc(-c3nc(-c4cnc(C5(O)CCOCC5)s4)sc3-c3ccccc3)cc2)C1. The Balaban J connectivity index is 1.33. The van der Waals surface area contributed by atoms with E-state index in [1.807, 2.05) is 69.4 Å². The average Bonchev–Trinajstić information content (AvgIpc) is 3.61. The van der Waals surface area contributed by atoms with Crippen molar-refractivity contribution in [2.75, 3.05) is 13.2 Å². The molecule has 3 N–H and O–H groups in total. The summed E-state index contributed by atoms with van der Waals surface area (Å²) in [4.78, 5) is 24.4. The molecule has 0 atom stereocenters. The topological polar surface area (TPSA) is 114 Å². The molecule has 2 fully saturated rings. The molecule has 1 aliphatic carbocycles. The normalized spacial score (nSPS) is 23.4. The van der Waals surface area contributed by atoms with E-state index in [2.05, 4.69) is 22.4 Å². The Labute approximate surface area is 259 Å². The number of alkyl carbamates (subject to hydrolysis) is 1. The Morgan fingerprint density at radius 3 is 2.28 bits per heavy atom. The van der Waals surface area contributed by atoms with Gasteiger partial charge < -0.3 is 25.0 Å². The highest BCUT2D eigenvalue weighted by atomic mass is 32.1. The molecule has 1 saturated heterocycles. The maximum atomic E-state index is 12.8. The van der Waals surface area contributed by atoms with E-state index in [9.17, 15) is 15.0 Å². The van der Waals surface area contributed by atoms with Gasteiger partial charge in [-0.05, 0) is 38.8 Å². The van der Waals surface area contributed by atoms with Gasteiger partial charge in [-0.15, -0.1) is 22.7 Å². The molecule has 8 nitrogen and oxygen atoms in total. The third-order valence-electron chi connectivity index (χ3n) is 7.91. The van der Waals surface area contributed by atoms with E-state index in [1.54, 1.807) is 18.3 Å². The molecule has 1 amide bonds. The number of nitrogens with zero attached hydrogens (tertiary/aromatic N) is 2. The van der Waals surface area contributed by atoms with Gasteiger partial charge in [0, 0.05) is 50.7 Å². The fourth-order valence-corrected chi connectivity index (χ4v) is 8.17. The highest BCUT2D eigenvalue weighted by Crippen LogP contribution is 2.49. The molecule has 0 bridgehead atoms. The van der Waals surface area contributed by atoms with Crippen LogP contribution in [0, 0.1) is 0 Å². The number of aliphatic hydroxyl groups is 2. The molecular weight excluding hydrogens is 583 g/mol. The van der Waals surface area contributed by atoms with Crippen LogP contribution in [0.15, 0.2) is 60.8 Å². The van der Waals surface area contributed by atoms with E-state index in [4.69, 9.17) is 14.5 Å². The summed E-state index contributed by atoms with van der Waals surface area (Å²) in [7, 11) is 0. The number of nitrogens with one attached hydrogen (secondary N) is 1. The number of amides is 1. The van der Waals surface area contributed by atoms with Gasteiger partial charge in [0.05, 0.1) is 26.6 Å². The summed E-state index contributed by atoms with van der Waals surface area (Å²) in [5.41, 5.74) is 0.586. The van der Waals surface area contributed by atoms with Gasteiger partial charge >= 0.3 is 6.09 Å². The predicted molar refractivity (Wildman–Crippen MR) is 169 cm³/mol. The number of carbonyl (C=O) groups excluding carboxylic acids is 1. The lowest BCUT2D eigenvalue weighted by Gasteiger charge is -2.52. The van der Waals surface area contributed by atoms with Crippen molar-refractivity contribution >= 4 is 28.8 Å². The molecule has 2 aromatic heterocycles. The lowest BCUT2D eigenvalue weighted by atomic mass is 9.62. The predicted octanol–water partition coefficient (Wildman–Crippen LogP) is 6.86. The van der Waals surface area contributed by atoms with Crippen LogP contribution >= 0.6 is 22.7 Å². The van der Waals surface area contributed by atoms with Crippen molar-refractivity contribution in [3.05, 3.63) is 71.4 Å². The zero-order chi connectivity index (χ0) is 30.5. The molecule has 0 spiro atoms. The number of ether oxygens (including phenoxy) is 2. The molecule has 2 aliphatic rings. The van der Waals surface area contributed by atoms with Crippen LogP contribution in [-0.4, -0.2) is 50.7 Å². The molecule has 10 heteroatoms. The van der Waals surface area contributed by atoms with E-state index < -0.39 is 28.4 Å². The summed E-state index contributed by atoms with van der Waals surface area (Å²) in [6.45, 7) is 8.32. The summed E-state index contributed by atoms with van der Waals surface area (Å²) in [6, 6.07) is 18.2. The summed E-state index contributed by atoms with van der Waals surface area (Å²) in [6.07, 6.45) is 3.15. The van der Waals surface area contributed by atoms with Crippen molar-refractivity contribution in [3.63, 3.8) is 0 Å². The second-order valence-corrected chi connectivity index (χ2v) is 14.9. The number of carbonyl (C=O) groups is 1. The monoisotopic (exact) mass is 619 g/mol. The molecule has 43 heavy (non-hydrogen) atoms. The van der Waals surface area contributed by atoms with Crippen LogP contribution in [0.3, 0.4) is 0 Å². The van der Waals surface area contributed by atoms with Crippen molar-refractivity contribution in [1.82, 2.24) is 15.3 Å². The lowest BCUT2D eigenvalue weighted by Crippen LogP contribution is -2.62. The van der Waals surface area contributed by atoms with E-state index in [0.29, 0.717) is 43.9 Å². The van der Waals surface area contributed by atoms with Crippen LogP contribution in [0.25, 0.3) is 31.6 Å². The second-order valence-electron chi connectivity index (χ2n) is 12.9. The van der Waals surface area contributed by atoms with Gasteiger partial charge in [-0.25, -0.2) is 14.8 Å². The van der Waals surface area contributed by atoms with Gasteiger partial charge in [0.25, 0.3) is 0 Å². The standard InChI is InChI=1S/C33H37N3O5S2/c1-30(2,3)41-29(37)36-32(19-31(4,38)20-32)23-12-10-21(11-13-23)25-26(22-8-6-5-7-9-22)43-27(35-25)24-18-34-28(42-24)33(39)14-16-40-17-15-33/h5-13,18,38-39H,14-17,19-20H2,1-4H3,(H,36,37). The van der Waals surface area contributed by atoms with Gasteiger partial charge in [-0.3, -0.25) is 0 Å². The zero-order valence-corrected chi connectivity index (χ0v) is 26.5. The maximum absolute atomic E-state index is 12.8. The molecular formula is C33H37N3O5S2. The Kier molecular flexibility index (Phi) is 7.71. The minimum atomic E-state index is -0.963. The third-order valence-corrected chi connectivity index (χ3v) is 10.4. The highest BCUT2D eigenvalue weighted by molar-refractivity contribution is 7.23. The quantitative estimate of drug-likeness (QED) is 0.216. The lowest BCUT2D eigenvalue weighted by molar-refractivity contribution is -0.0892. The second kappa shape index (κ2) is 11.1. The smallest absolute Gasteiger partial charge is 0.408 e. The first kappa shape index (κ1) is 29.9. The van der Waals surface area contributed by atoms with Gasteiger partial charge in [0.2, 0.25) is 0 Å². The molecule has 1 aliphatic heterocycles. The summed E-state index contributed by atoms with van der Waals surface area (Å²) in [5, 5.41) is 26.4. The Morgan fingerprint density at radius 1 is 0.977 bits per heavy atom. The third kappa shape index (κ3) is 6.25. The van der Waals surface area contributed by atoms with Crippen LogP contribution in [0.1, 0.15) is 63.9 Å². The van der Waals surface area contributed by atoms with Crippen molar-refractivity contribution in [2.24, 2.45) is 0 Å². The Hall–Kier alpha value is -3.15. The Bertz CT molecular complexity index is 1590. The van der Waals surface area contributed by atoms with Crippen LogP contribution in [0.5, 0.6) is 0 Å². The summed E-state index contributed by atoms with van der Waals surface area (Å²) in [5.74, 6) is 0. The van der Waals surface area contributed by atoms with Crippen LogP contribution in [0.4, 0.5) is 4.79 Å². The molecule has 3 heterocycles. The average molecular weight is 620 g/mol. The van der Waals surface area contributed by atoms with Gasteiger partial charge in [-0.2, -0.15) is 0 Å². The summed E-state index contributed by atoms with van der Waals surface area (Å²) >= 11 is 3.09. The zero-order valence-electron chi connectivity index (χ0n) is 24.8. The molecule has 4 aromatic rings. The number of aromatic nitrogens is 2. The first-order valence-electron chi connectivity index (χ1n) is 14.5. The van der Waals surface area contributed by atoms with E-state index in [0.717, 1.165) is 37.1 Å². The number of hydrogen-bond acceptors (Lipinski definition) is 9. The van der Waals surface area contributed by atoms with Crippen molar-refractivity contribution in [1.29, 1.82) is 0 Å². The molecule has 0 radical (unpaired) electrons. The van der Waals surface area contributed by atoms with Gasteiger partial charge in [0.15, 0.2) is 0 Å². The van der Waals surface area contributed by atoms with Crippen molar-refractivity contribution in [3.8, 4) is 31.6 Å². The molecule has 1 saturated carbocycles. The molecule has 2 aromatic carbocycles. The van der Waals surface area contributed by atoms with Gasteiger partial charge in [-0.1, -0.05) is 54.6 Å². The number of hydrogen-bond donors (Lipinski definition) is 3. The number of thiazole rings is 2. The van der Waals surface area contributed by atoms with Crippen LogP contribution in [0.2, 0.25) is 0 Å². The fraction of sp³-hybridized carbons (Fsp3) is 0.424. The summed E-state index contributed by atoms with van der Waals surface area (Å²) < 4.78 is 11.0. The molecule has 6 rings (SSSR count). The van der Waals surface area contributed by atoms with Crippen molar-refractivity contribution < 1.29 is 24.5 Å². The molecule has 226 valence electrons. The largest absolute Gasteiger partial charge is 0.444 e. The minimum Gasteiger partial charge on any atom is -0.444 e. The minimum absolute atomic E-state index is 0.390. The number of rotatable bonds is 6. The van der Waals surface area contributed by atoms with Crippen LogP contribution < -0.4 is 5.32 Å². The van der Waals surface area contributed by atoms with Crippen molar-refractivity contribution in [2.45, 2.75) is 75.7 Å². The van der Waals surface area contributed by atoms with E-state index in [1.165, 1.54) is 11.3 Å². The van der Waals surface area contributed by atoms with E-state index >= 15 is 0 Å². The fourth-order valence-electron chi connectivity index (χ4n) is 5.98.